The van der Waals surface area contributed by atoms with Crippen LogP contribution in [0.4, 0.5) is 0 Å². The third-order valence-corrected chi connectivity index (χ3v) is 4.11. The molecule has 3 nitrogen and oxygen atoms in total. The molecule has 1 N–H and O–H groups in total. The molecule has 0 bridgehead atoms. The molecule has 0 aliphatic rings. The highest BCUT2D eigenvalue weighted by atomic mass is 32.2. The van der Waals surface area contributed by atoms with E-state index in [2.05, 4.69) is 53.9 Å². The van der Waals surface area contributed by atoms with Gasteiger partial charge in [-0.1, -0.05) is 18.2 Å². The van der Waals surface area contributed by atoms with E-state index in [1.165, 1.54) is 16.2 Å². The van der Waals surface area contributed by atoms with Crippen molar-refractivity contribution in [2.75, 3.05) is 6.26 Å². The highest BCUT2D eigenvalue weighted by molar-refractivity contribution is 7.98. The Morgan fingerprint density at radius 2 is 2.11 bits per heavy atom. The Kier molecular flexibility index (Phi) is 5.05. The maximum absolute atomic E-state index is 4.18. The molecule has 0 fully saturated rings. The van der Waals surface area contributed by atoms with Crippen LogP contribution < -0.4 is 5.32 Å². The summed E-state index contributed by atoms with van der Waals surface area (Å²) in [6.07, 6.45) is 5.02. The van der Waals surface area contributed by atoms with Crippen molar-refractivity contribution >= 4 is 11.8 Å². The van der Waals surface area contributed by atoms with Crippen LogP contribution in [0.15, 0.2) is 41.4 Å². The molecule has 1 heterocycles. The van der Waals surface area contributed by atoms with Crippen LogP contribution in [0.5, 0.6) is 0 Å². The van der Waals surface area contributed by atoms with Gasteiger partial charge in [-0.2, -0.15) is 5.10 Å². The fraction of sp³-hybridized carbons (Fsp3) is 0.400. The quantitative estimate of drug-likeness (QED) is 0.822. The van der Waals surface area contributed by atoms with E-state index in [9.17, 15) is 0 Å². The van der Waals surface area contributed by atoms with Gasteiger partial charge in [0.2, 0.25) is 0 Å². The number of nitrogens with zero attached hydrogens (tertiary/aromatic N) is 2. The summed E-state index contributed by atoms with van der Waals surface area (Å²) in [4.78, 5) is 1.37. The van der Waals surface area contributed by atoms with Gasteiger partial charge in [0.15, 0.2) is 0 Å². The minimum atomic E-state index is 0.447. The molecule has 1 aromatic heterocycles. The van der Waals surface area contributed by atoms with Crippen LogP contribution in [0, 0.1) is 0 Å². The van der Waals surface area contributed by atoms with Crippen LogP contribution in [-0.4, -0.2) is 22.1 Å². The molecule has 1 unspecified atom stereocenters. The van der Waals surface area contributed by atoms with E-state index in [0.717, 1.165) is 13.0 Å². The standard InChI is InChI=1S/C15H21N3S/c1-12(16-11-14-8-9-17-18(14)2)10-13-6-4-5-7-15(13)19-3/h4-9,12,16H,10-11H2,1-3H3. The monoisotopic (exact) mass is 275 g/mol. The summed E-state index contributed by atoms with van der Waals surface area (Å²) in [5, 5.41) is 7.73. The summed E-state index contributed by atoms with van der Waals surface area (Å²) in [6.45, 7) is 3.09. The fourth-order valence-corrected chi connectivity index (χ4v) is 2.76. The average Bonchev–Trinajstić information content (AvgIpc) is 2.82. The Hall–Kier alpha value is -1.26. The third kappa shape index (κ3) is 3.85. The number of benzene rings is 1. The van der Waals surface area contributed by atoms with Gasteiger partial charge in [0.1, 0.15) is 0 Å². The van der Waals surface area contributed by atoms with Crippen molar-refractivity contribution in [3.8, 4) is 0 Å². The summed E-state index contributed by atoms with van der Waals surface area (Å²) in [7, 11) is 1.98. The van der Waals surface area contributed by atoms with Gasteiger partial charge < -0.3 is 5.32 Å². The van der Waals surface area contributed by atoms with Crippen LogP contribution in [0.3, 0.4) is 0 Å². The van der Waals surface area contributed by atoms with Gasteiger partial charge >= 0.3 is 0 Å². The van der Waals surface area contributed by atoms with Gasteiger partial charge in [0.25, 0.3) is 0 Å². The predicted molar refractivity (Wildman–Crippen MR) is 81.4 cm³/mol. The van der Waals surface area contributed by atoms with Gasteiger partial charge in [-0.3, -0.25) is 4.68 Å². The molecule has 0 saturated heterocycles. The topological polar surface area (TPSA) is 29.9 Å². The molecule has 1 aromatic carbocycles. The van der Waals surface area contributed by atoms with Crippen molar-refractivity contribution in [3.05, 3.63) is 47.8 Å². The second-order valence-corrected chi connectivity index (χ2v) is 5.59. The Balaban J connectivity index is 1.90. The highest BCUT2D eigenvalue weighted by Gasteiger charge is 2.07. The number of aromatic nitrogens is 2. The maximum Gasteiger partial charge on any atom is 0.0518 e. The van der Waals surface area contributed by atoms with Crippen LogP contribution in [0.25, 0.3) is 0 Å². The number of nitrogens with one attached hydrogen (secondary N) is 1. The molecule has 0 saturated carbocycles. The Bertz CT molecular complexity index is 522. The van der Waals surface area contributed by atoms with Crippen molar-refractivity contribution in [3.63, 3.8) is 0 Å². The number of thioether (sulfide) groups is 1. The van der Waals surface area contributed by atoms with Gasteiger partial charge in [0.05, 0.1) is 5.69 Å². The lowest BCUT2D eigenvalue weighted by molar-refractivity contribution is 0.523. The Labute approximate surface area is 119 Å². The third-order valence-electron chi connectivity index (χ3n) is 3.27. The van der Waals surface area contributed by atoms with E-state index >= 15 is 0 Å². The second-order valence-electron chi connectivity index (χ2n) is 4.74. The summed E-state index contributed by atoms with van der Waals surface area (Å²) in [5.74, 6) is 0. The molecular weight excluding hydrogens is 254 g/mol. The minimum absolute atomic E-state index is 0.447. The zero-order valence-corrected chi connectivity index (χ0v) is 12.6. The zero-order chi connectivity index (χ0) is 13.7. The predicted octanol–water partition coefficient (Wildman–Crippen LogP) is 2.86. The van der Waals surface area contributed by atoms with Crippen molar-refractivity contribution in [2.24, 2.45) is 7.05 Å². The molecule has 0 aliphatic carbocycles. The first-order valence-electron chi connectivity index (χ1n) is 6.53. The van der Waals surface area contributed by atoms with E-state index in [1.54, 1.807) is 0 Å². The summed E-state index contributed by atoms with van der Waals surface area (Å²) >= 11 is 1.81. The molecule has 2 rings (SSSR count). The number of aryl methyl sites for hydroxylation is 1. The highest BCUT2D eigenvalue weighted by Crippen LogP contribution is 2.21. The molecule has 4 heteroatoms. The summed E-state index contributed by atoms with van der Waals surface area (Å²) in [5.41, 5.74) is 2.63. The van der Waals surface area contributed by atoms with Gasteiger partial charge in [-0.25, -0.2) is 0 Å². The Morgan fingerprint density at radius 1 is 1.32 bits per heavy atom. The SMILES string of the molecule is CSc1ccccc1CC(C)NCc1ccnn1C. The lowest BCUT2D eigenvalue weighted by atomic mass is 10.1. The largest absolute Gasteiger partial charge is 0.308 e. The zero-order valence-electron chi connectivity index (χ0n) is 11.8. The second kappa shape index (κ2) is 6.78. The molecule has 2 aromatic rings. The van der Waals surface area contributed by atoms with Gasteiger partial charge in [-0.15, -0.1) is 11.8 Å². The first kappa shape index (κ1) is 14.2. The van der Waals surface area contributed by atoms with E-state index in [-0.39, 0.29) is 0 Å². The molecule has 19 heavy (non-hydrogen) atoms. The van der Waals surface area contributed by atoms with Gasteiger partial charge in [-0.05, 0) is 37.3 Å². The molecule has 0 radical (unpaired) electrons. The summed E-state index contributed by atoms with van der Waals surface area (Å²) in [6, 6.07) is 11.1. The minimum Gasteiger partial charge on any atom is -0.308 e. The van der Waals surface area contributed by atoms with Crippen LogP contribution in [0.2, 0.25) is 0 Å². The van der Waals surface area contributed by atoms with Crippen LogP contribution >= 0.6 is 11.8 Å². The lowest BCUT2D eigenvalue weighted by Crippen LogP contribution is -2.28. The smallest absolute Gasteiger partial charge is 0.0518 e. The number of hydrogen-bond donors (Lipinski definition) is 1. The van der Waals surface area contributed by atoms with E-state index in [0.29, 0.717) is 6.04 Å². The first-order chi connectivity index (χ1) is 9.20. The fourth-order valence-electron chi connectivity index (χ4n) is 2.13. The molecule has 1 atom stereocenters. The molecule has 0 aliphatic heterocycles. The molecular formula is C15H21N3S. The normalized spacial score (nSPS) is 12.6. The number of rotatable bonds is 6. The van der Waals surface area contributed by atoms with E-state index in [1.807, 2.05) is 29.7 Å². The van der Waals surface area contributed by atoms with Crippen LogP contribution in [0.1, 0.15) is 18.2 Å². The van der Waals surface area contributed by atoms with E-state index < -0.39 is 0 Å². The van der Waals surface area contributed by atoms with Crippen molar-refractivity contribution in [2.45, 2.75) is 30.8 Å². The number of hydrogen-bond acceptors (Lipinski definition) is 3. The van der Waals surface area contributed by atoms with Gasteiger partial charge in [0, 0.05) is 30.7 Å². The first-order valence-corrected chi connectivity index (χ1v) is 7.75. The molecule has 0 spiro atoms. The maximum atomic E-state index is 4.18. The summed E-state index contributed by atoms with van der Waals surface area (Å²) < 4.78 is 1.91. The van der Waals surface area contributed by atoms with Crippen molar-refractivity contribution in [1.82, 2.24) is 15.1 Å². The average molecular weight is 275 g/mol. The van der Waals surface area contributed by atoms with Crippen molar-refractivity contribution in [1.29, 1.82) is 0 Å². The molecule has 0 amide bonds. The van der Waals surface area contributed by atoms with Crippen molar-refractivity contribution < 1.29 is 0 Å². The Morgan fingerprint density at radius 3 is 2.79 bits per heavy atom. The van der Waals surface area contributed by atoms with E-state index in [4.69, 9.17) is 0 Å². The molecule has 102 valence electrons. The van der Waals surface area contributed by atoms with Crippen LogP contribution in [-0.2, 0) is 20.0 Å². The lowest BCUT2D eigenvalue weighted by Gasteiger charge is -2.15.